The molecule has 2 atom stereocenters. The lowest BCUT2D eigenvalue weighted by atomic mass is 9.95. The van der Waals surface area contributed by atoms with Crippen molar-refractivity contribution in [3.63, 3.8) is 0 Å². The van der Waals surface area contributed by atoms with Crippen molar-refractivity contribution in [3.8, 4) is 17.1 Å². The van der Waals surface area contributed by atoms with Crippen LogP contribution < -0.4 is 15.4 Å². The fraction of sp³-hybridized carbons (Fsp3) is 0.500. The fourth-order valence-electron chi connectivity index (χ4n) is 7.11. The maximum atomic E-state index is 16.7. The van der Waals surface area contributed by atoms with Crippen LogP contribution in [0.1, 0.15) is 50.5 Å². The zero-order valence-corrected chi connectivity index (χ0v) is 24.5. The molecule has 0 amide bonds. The minimum atomic E-state index is -4.98. The van der Waals surface area contributed by atoms with Crippen LogP contribution in [0.2, 0.25) is 0 Å². The van der Waals surface area contributed by atoms with E-state index in [0.29, 0.717) is 26.1 Å². The number of aromatic nitrogens is 3. The van der Waals surface area contributed by atoms with E-state index in [4.69, 9.17) is 10.5 Å². The van der Waals surface area contributed by atoms with E-state index in [1.807, 2.05) is 4.90 Å². The van der Waals surface area contributed by atoms with Crippen LogP contribution >= 0.6 is 11.3 Å². The summed E-state index contributed by atoms with van der Waals surface area (Å²) in [5, 5.41) is -0.167. The Bertz CT molecular complexity index is 1740. The molecule has 4 aromatic rings. The van der Waals surface area contributed by atoms with Crippen LogP contribution in [-0.4, -0.2) is 64.3 Å². The van der Waals surface area contributed by atoms with Crippen molar-refractivity contribution in [1.82, 2.24) is 19.9 Å². The second-order valence-corrected chi connectivity index (χ2v) is 13.0. The van der Waals surface area contributed by atoms with E-state index in [1.54, 1.807) is 0 Å². The van der Waals surface area contributed by atoms with Gasteiger partial charge in [0.2, 0.25) is 0 Å². The summed E-state index contributed by atoms with van der Waals surface area (Å²) in [7, 11) is 0. The number of fused-ring (bicyclic) bond motifs is 3. The van der Waals surface area contributed by atoms with Crippen LogP contribution in [0.5, 0.6) is 6.01 Å². The van der Waals surface area contributed by atoms with Crippen LogP contribution in [0.3, 0.4) is 0 Å². The molecule has 44 heavy (non-hydrogen) atoms. The van der Waals surface area contributed by atoms with Gasteiger partial charge >= 0.3 is 12.2 Å². The Kier molecular flexibility index (Phi) is 7.26. The fourth-order valence-corrected chi connectivity index (χ4v) is 7.87. The highest BCUT2D eigenvalue weighted by atomic mass is 32.1. The maximum Gasteiger partial charge on any atom is 0.417 e. The Balaban J connectivity index is 1.43. The highest BCUT2D eigenvalue weighted by molar-refractivity contribution is 7.22. The lowest BCUT2D eigenvalue weighted by Gasteiger charge is -2.31. The van der Waals surface area contributed by atoms with Crippen molar-refractivity contribution in [2.45, 2.75) is 62.8 Å². The quantitative estimate of drug-likeness (QED) is 0.234. The first-order chi connectivity index (χ1) is 21.0. The molecule has 14 heteroatoms. The van der Waals surface area contributed by atoms with E-state index in [1.165, 1.54) is 0 Å². The van der Waals surface area contributed by atoms with E-state index in [-0.39, 0.29) is 50.2 Å². The lowest BCUT2D eigenvalue weighted by molar-refractivity contribution is -0.137. The number of benzene rings is 2. The molecule has 7 nitrogen and oxygen atoms in total. The van der Waals surface area contributed by atoms with Gasteiger partial charge in [0.05, 0.1) is 21.3 Å². The zero-order chi connectivity index (χ0) is 30.8. The van der Waals surface area contributed by atoms with Gasteiger partial charge in [-0.1, -0.05) is 24.2 Å². The Morgan fingerprint density at radius 1 is 1.00 bits per heavy atom. The second-order valence-electron chi connectivity index (χ2n) is 11.9. The summed E-state index contributed by atoms with van der Waals surface area (Å²) in [5.41, 5.74) is 2.42. The predicted molar refractivity (Wildman–Crippen MR) is 157 cm³/mol. The van der Waals surface area contributed by atoms with Crippen molar-refractivity contribution in [1.29, 1.82) is 0 Å². The topological polar surface area (TPSA) is 80.4 Å². The predicted octanol–water partition coefficient (Wildman–Crippen LogP) is 7.12. The van der Waals surface area contributed by atoms with E-state index in [0.717, 1.165) is 74.6 Å². The standard InChI is InChI=1S/C30H30F6N6OS/c31-16-13-29(8-5-11-42(29)14-16)15-43-28-39-23-18(26(40-28)41-9-3-1-2-4-10-41)12-19(30(34,35)36)21(22(23)33)17-6-7-20(32)25-24(17)38-27(37)44-25/h6-7,12,16H,1-5,8-11,13-15H2,(H2,37,38)/t16-,29+/m1/s1. The third-order valence-corrected chi connectivity index (χ3v) is 10.0. The number of nitrogen functional groups attached to an aromatic ring is 1. The molecule has 2 N–H and O–H groups in total. The van der Waals surface area contributed by atoms with E-state index in [2.05, 4.69) is 19.9 Å². The first-order valence-electron chi connectivity index (χ1n) is 14.8. The van der Waals surface area contributed by atoms with Crippen LogP contribution in [0.15, 0.2) is 18.2 Å². The number of hydrogen-bond acceptors (Lipinski definition) is 8. The van der Waals surface area contributed by atoms with Gasteiger partial charge in [-0.05, 0) is 50.4 Å². The van der Waals surface area contributed by atoms with Crippen molar-refractivity contribution in [2.24, 2.45) is 0 Å². The number of nitrogens with zero attached hydrogens (tertiary/aromatic N) is 5. The molecule has 3 saturated heterocycles. The number of rotatable bonds is 5. The summed E-state index contributed by atoms with van der Waals surface area (Å²) < 4.78 is 95.8. The third kappa shape index (κ3) is 4.99. The normalized spacial score (nSPS) is 23.0. The Hall–Kier alpha value is -3.39. The molecule has 7 rings (SSSR count). The average molecular weight is 637 g/mol. The highest BCUT2D eigenvalue weighted by Gasteiger charge is 2.49. The van der Waals surface area contributed by atoms with E-state index in [9.17, 15) is 22.0 Å². The van der Waals surface area contributed by atoms with Crippen LogP contribution in [0, 0.1) is 11.6 Å². The molecule has 0 aliphatic carbocycles. The van der Waals surface area contributed by atoms with Gasteiger partial charge in [0.25, 0.3) is 0 Å². The SMILES string of the molecule is Nc1nc2c(-c3c(C(F)(F)F)cc4c(N5CCCCCC5)nc(OC[C@@]56CCCN5C[C@H](F)C6)nc4c3F)ccc(F)c2s1. The van der Waals surface area contributed by atoms with Gasteiger partial charge in [0.15, 0.2) is 10.9 Å². The van der Waals surface area contributed by atoms with Crippen LogP contribution in [0.4, 0.5) is 37.3 Å². The molecule has 3 aliphatic rings. The van der Waals surface area contributed by atoms with E-state index < -0.39 is 40.6 Å². The molecule has 2 aromatic heterocycles. The summed E-state index contributed by atoms with van der Waals surface area (Å²) in [6.07, 6.45) is -0.559. The first kappa shape index (κ1) is 29.3. The van der Waals surface area contributed by atoms with Crippen LogP contribution in [0.25, 0.3) is 32.2 Å². The van der Waals surface area contributed by atoms with Crippen LogP contribution in [-0.2, 0) is 6.18 Å². The summed E-state index contributed by atoms with van der Waals surface area (Å²) in [4.78, 5) is 16.8. The summed E-state index contributed by atoms with van der Waals surface area (Å²) in [6, 6.07) is 2.73. The maximum absolute atomic E-state index is 16.7. The Morgan fingerprint density at radius 2 is 1.77 bits per heavy atom. The van der Waals surface area contributed by atoms with E-state index >= 15 is 4.39 Å². The van der Waals surface area contributed by atoms with Gasteiger partial charge in [-0.3, -0.25) is 4.90 Å². The van der Waals surface area contributed by atoms with Crippen molar-refractivity contribution < 1.29 is 31.1 Å². The molecule has 0 spiro atoms. The largest absolute Gasteiger partial charge is 0.461 e. The third-order valence-electron chi connectivity index (χ3n) is 9.11. The summed E-state index contributed by atoms with van der Waals surface area (Å²) in [5.74, 6) is -1.82. The number of ether oxygens (including phenoxy) is 1. The second kappa shape index (κ2) is 10.9. The number of halogens is 6. The summed E-state index contributed by atoms with van der Waals surface area (Å²) in [6.45, 7) is 2.17. The number of nitrogens with two attached hydrogens (primary N) is 1. The molecule has 2 aromatic carbocycles. The molecular weight excluding hydrogens is 606 g/mol. The number of anilines is 2. The Labute approximate surface area is 253 Å². The first-order valence-corrected chi connectivity index (χ1v) is 15.6. The molecule has 0 bridgehead atoms. The zero-order valence-electron chi connectivity index (χ0n) is 23.7. The minimum absolute atomic E-state index is 0.0645. The number of alkyl halides is 4. The molecule has 3 fully saturated rings. The molecule has 0 unspecified atom stereocenters. The van der Waals surface area contributed by atoms with Gasteiger partial charge in [0.1, 0.15) is 29.9 Å². The summed E-state index contributed by atoms with van der Waals surface area (Å²) >= 11 is 0.767. The lowest BCUT2D eigenvalue weighted by Crippen LogP contribution is -2.43. The van der Waals surface area contributed by atoms with Gasteiger partial charge in [-0.2, -0.15) is 23.1 Å². The van der Waals surface area contributed by atoms with Crippen molar-refractivity contribution in [2.75, 3.05) is 43.4 Å². The van der Waals surface area contributed by atoms with Gasteiger partial charge < -0.3 is 15.4 Å². The number of hydrogen-bond donors (Lipinski definition) is 1. The average Bonchev–Trinajstić information content (AvgIpc) is 3.55. The molecular formula is C30H30F6N6OS. The molecule has 0 saturated carbocycles. The molecule has 3 aliphatic heterocycles. The smallest absolute Gasteiger partial charge is 0.417 e. The molecule has 5 heterocycles. The van der Waals surface area contributed by atoms with Gasteiger partial charge in [-0.25, -0.2) is 18.2 Å². The van der Waals surface area contributed by atoms with Gasteiger partial charge in [-0.15, -0.1) is 0 Å². The van der Waals surface area contributed by atoms with Gasteiger partial charge in [0, 0.05) is 42.6 Å². The number of thiazole rings is 1. The molecule has 0 radical (unpaired) electrons. The highest BCUT2D eigenvalue weighted by Crippen LogP contribution is 2.46. The van der Waals surface area contributed by atoms with Crippen molar-refractivity contribution in [3.05, 3.63) is 35.4 Å². The Morgan fingerprint density at radius 3 is 2.52 bits per heavy atom. The minimum Gasteiger partial charge on any atom is -0.461 e. The van der Waals surface area contributed by atoms with Crippen molar-refractivity contribution >= 4 is 43.4 Å². The molecule has 234 valence electrons. The monoisotopic (exact) mass is 636 g/mol.